The maximum absolute atomic E-state index is 10.7. The molecule has 0 unspecified atom stereocenters. The minimum atomic E-state index is -0.0116. The van der Waals surface area contributed by atoms with Crippen molar-refractivity contribution in [1.82, 2.24) is 4.98 Å². The molecule has 2 N–H and O–H groups in total. The second kappa shape index (κ2) is 3.09. The molecule has 4 heteroatoms. The lowest BCUT2D eigenvalue weighted by atomic mass is 10.2. The lowest BCUT2D eigenvalue weighted by Crippen LogP contribution is -2.03. The standard InChI is InChI=1S/C7H8N2O.BrH/c10-7-3-5-1-2-8-6(5)4-9-7;/h3-4,8H,1-2H2,(H,9,10);1H. The topological polar surface area (TPSA) is 44.9 Å². The van der Waals surface area contributed by atoms with Gasteiger partial charge >= 0.3 is 0 Å². The first kappa shape index (κ1) is 8.33. The number of aromatic nitrogens is 1. The third-order valence-electron chi connectivity index (χ3n) is 1.72. The molecule has 0 amide bonds. The van der Waals surface area contributed by atoms with Gasteiger partial charge < -0.3 is 10.3 Å². The van der Waals surface area contributed by atoms with Crippen molar-refractivity contribution in [2.75, 3.05) is 11.9 Å². The first-order valence-corrected chi connectivity index (χ1v) is 3.32. The summed E-state index contributed by atoms with van der Waals surface area (Å²) in [7, 11) is 0. The second-order valence-corrected chi connectivity index (χ2v) is 2.41. The molecule has 1 aromatic heterocycles. The molecule has 1 aliphatic heterocycles. The minimum Gasteiger partial charge on any atom is -0.383 e. The predicted octanol–water partition coefficient (Wildman–Crippen LogP) is 0.921. The van der Waals surface area contributed by atoms with E-state index in [-0.39, 0.29) is 22.5 Å². The van der Waals surface area contributed by atoms with E-state index in [0.717, 1.165) is 24.2 Å². The number of fused-ring (bicyclic) bond motifs is 1. The van der Waals surface area contributed by atoms with Gasteiger partial charge in [0.25, 0.3) is 0 Å². The molecule has 60 valence electrons. The highest BCUT2D eigenvalue weighted by Crippen LogP contribution is 2.17. The molecule has 1 aliphatic rings. The third kappa shape index (κ3) is 1.45. The van der Waals surface area contributed by atoms with Gasteiger partial charge in [-0.25, -0.2) is 0 Å². The molecule has 0 saturated carbocycles. The van der Waals surface area contributed by atoms with Crippen LogP contribution in [0, 0.1) is 0 Å². The fourth-order valence-corrected chi connectivity index (χ4v) is 1.22. The van der Waals surface area contributed by atoms with Crippen molar-refractivity contribution in [3.63, 3.8) is 0 Å². The summed E-state index contributed by atoms with van der Waals surface area (Å²) in [4.78, 5) is 13.4. The van der Waals surface area contributed by atoms with E-state index in [9.17, 15) is 4.79 Å². The van der Waals surface area contributed by atoms with Crippen LogP contribution in [-0.4, -0.2) is 11.5 Å². The van der Waals surface area contributed by atoms with Crippen molar-refractivity contribution < 1.29 is 0 Å². The zero-order valence-corrected chi connectivity index (χ0v) is 7.60. The number of hydrogen-bond acceptors (Lipinski definition) is 2. The Labute approximate surface area is 74.6 Å². The Morgan fingerprint density at radius 3 is 3.09 bits per heavy atom. The second-order valence-electron chi connectivity index (χ2n) is 2.41. The summed E-state index contributed by atoms with van der Waals surface area (Å²) >= 11 is 0. The van der Waals surface area contributed by atoms with E-state index in [2.05, 4.69) is 10.3 Å². The molecule has 0 bridgehead atoms. The van der Waals surface area contributed by atoms with Crippen LogP contribution in [0.5, 0.6) is 0 Å². The molecular weight excluding hydrogens is 208 g/mol. The maximum Gasteiger partial charge on any atom is 0.248 e. The summed E-state index contributed by atoms with van der Waals surface area (Å²) in [6.45, 7) is 0.951. The van der Waals surface area contributed by atoms with E-state index in [0.29, 0.717) is 0 Å². The molecule has 0 saturated heterocycles. The van der Waals surface area contributed by atoms with Crippen molar-refractivity contribution in [2.24, 2.45) is 0 Å². The molecule has 3 nitrogen and oxygen atoms in total. The summed E-state index contributed by atoms with van der Waals surface area (Å²) < 4.78 is 0. The van der Waals surface area contributed by atoms with Gasteiger partial charge in [0, 0.05) is 18.8 Å². The summed E-state index contributed by atoms with van der Waals surface area (Å²) in [6.07, 6.45) is 2.70. The van der Waals surface area contributed by atoms with E-state index >= 15 is 0 Å². The molecule has 0 radical (unpaired) electrons. The highest BCUT2D eigenvalue weighted by atomic mass is 79.9. The third-order valence-corrected chi connectivity index (χ3v) is 1.72. The molecule has 11 heavy (non-hydrogen) atoms. The molecule has 2 rings (SSSR count). The SMILES string of the molecule is Br.O=c1cc2c(c[nH]1)NCC2. The van der Waals surface area contributed by atoms with Crippen LogP contribution >= 0.6 is 17.0 Å². The minimum absolute atomic E-state index is 0. The Morgan fingerprint density at radius 2 is 2.27 bits per heavy atom. The molecule has 0 aliphatic carbocycles. The fourth-order valence-electron chi connectivity index (χ4n) is 1.22. The van der Waals surface area contributed by atoms with Crippen molar-refractivity contribution in [3.05, 3.63) is 28.2 Å². The Hall–Kier alpha value is -0.770. The molecule has 0 fully saturated rings. The Bertz CT molecular complexity index is 308. The molecule has 0 aromatic carbocycles. The predicted molar refractivity (Wildman–Crippen MR) is 49.6 cm³/mol. The highest BCUT2D eigenvalue weighted by molar-refractivity contribution is 8.93. The van der Waals surface area contributed by atoms with Crippen molar-refractivity contribution in [1.29, 1.82) is 0 Å². The van der Waals surface area contributed by atoms with Crippen LogP contribution in [0.15, 0.2) is 17.1 Å². The quantitative estimate of drug-likeness (QED) is 0.678. The normalized spacial score (nSPS) is 13.1. The Kier molecular flexibility index (Phi) is 2.34. The van der Waals surface area contributed by atoms with Crippen LogP contribution in [0.1, 0.15) is 5.56 Å². The van der Waals surface area contributed by atoms with Gasteiger partial charge in [0.15, 0.2) is 0 Å². The smallest absolute Gasteiger partial charge is 0.248 e. The average molecular weight is 217 g/mol. The number of H-pyrrole nitrogens is 1. The lowest BCUT2D eigenvalue weighted by Gasteiger charge is -1.94. The van der Waals surface area contributed by atoms with Gasteiger partial charge in [-0.2, -0.15) is 0 Å². The van der Waals surface area contributed by atoms with Crippen LogP contribution in [0.2, 0.25) is 0 Å². The van der Waals surface area contributed by atoms with Gasteiger partial charge in [-0.15, -0.1) is 17.0 Å². The summed E-state index contributed by atoms with van der Waals surface area (Å²) in [5.41, 5.74) is 2.19. The fraction of sp³-hybridized carbons (Fsp3) is 0.286. The first-order chi connectivity index (χ1) is 4.86. The van der Waals surface area contributed by atoms with Crippen LogP contribution in [0.4, 0.5) is 5.69 Å². The molecular formula is C7H9BrN2O. The van der Waals surface area contributed by atoms with Gasteiger partial charge in [-0.05, 0) is 12.0 Å². The number of anilines is 1. The Balaban J connectivity index is 0.000000605. The first-order valence-electron chi connectivity index (χ1n) is 3.32. The molecule has 1 aromatic rings. The van der Waals surface area contributed by atoms with Crippen LogP contribution < -0.4 is 10.9 Å². The van der Waals surface area contributed by atoms with E-state index in [1.807, 2.05) is 0 Å². The largest absolute Gasteiger partial charge is 0.383 e. The zero-order chi connectivity index (χ0) is 6.97. The summed E-state index contributed by atoms with van der Waals surface area (Å²) in [6, 6.07) is 1.65. The molecule has 2 heterocycles. The van der Waals surface area contributed by atoms with Gasteiger partial charge in [-0.1, -0.05) is 0 Å². The van der Waals surface area contributed by atoms with E-state index in [4.69, 9.17) is 0 Å². The number of rotatable bonds is 0. The highest BCUT2D eigenvalue weighted by Gasteiger charge is 2.08. The summed E-state index contributed by atoms with van der Waals surface area (Å²) in [5, 5.41) is 3.16. The average Bonchev–Trinajstić information content (AvgIpc) is 2.33. The van der Waals surface area contributed by atoms with E-state index < -0.39 is 0 Å². The Morgan fingerprint density at radius 1 is 1.45 bits per heavy atom. The van der Waals surface area contributed by atoms with Crippen molar-refractivity contribution in [2.45, 2.75) is 6.42 Å². The van der Waals surface area contributed by atoms with Crippen LogP contribution in [0.3, 0.4) is 0 Å². The van der Waals surface area contributed by atoms with Crippen LogP contribution in [-0.2, 0) is 6.42 Å². The zero-order valence-electron chi connectivity index (χ0n) is 5.89. The van der Waals surface area contributed by atoms with Gasteiger partial charge in [0.05, 0.1) is 5.69 Å². The van der Waals surface area contributed by atoms with Crippen LogP contribution in [0.25, 0.3) is 0 Å². The van der Waals surface area contributed by atoms with Crippen molar-refractivity contribution >= 4 is 22.7 Å². The molecule has 0 spiro atoms. The lowest BCUT2D eigenvalue weighted by molar-refractivity contribution is 1.10. The van der Waals surface area contributed by atoms with E-state index in [1.54, 1.807) is 12.3 Å². The number of pyridine rings is 1. The van der Waals surface area contributed by atoms with Gasteiger partial charge in [0.1, 0.15) is 0 Å². The number of halogens is 1. The van der Waals surface area contributed by atoms with Gasteiger partial charge in [-0.3, -0.25) is 4.79 Å². The maximum atomic E-state index is 10.7. The molecule has 0 atom stereocenters. The number of aromatic amines is 1. The van der Waals surface area contributed by atoms with Crippen molar-refractivity contribution in [3.8, 4) is 0 Å². The number of hydrogen-bond donors (Lipinski definition) is 2. The monoisotopic (exact) mass is 216 g/mol. The summed E-state index contributed by atoms with van der Waals surface area (Å²) in [5.74, 6) is 0. The van der Waals surface area contributed by atoms with Gasteiger partial charge in [0.2, 0.25) is 5.56 Å². The van der Waals surface area contributed by atoms with E-state index in [1.165, 1.54) is 0 Å². The number of nitrogens with one attached hydrogen (secondary N) is 2.